The van der Waals surface area contributed by atoms with Gasteiger partial charge in [-0.05, 0) is 73.1 Å². The molecule has 224 valence electrons. The summed E-state index contributed by atoms with van der Waals surface area (Å²) >= 11 is 2.84. The summed E-state index contributed by atoms with van der Waals surface area (Å²) in [6.07, 6.45) is 0.791. The number of carbonyl (C=O) groups excluding carboxylic acids is 3. The molecule has 10 nitrogen and oxygen atoms in total. The van der Waals surface area contributed by atoms with Crippen LogP contribution in [0.4, 0.5) is 5.69 Å². The second kappa shape index (κ2) is 10.7. The van der Waals surface area contributed by atoms with E-state index in [1.165, 1.54) is 23.3 Å². The number of benzene rings is 2. The number of esters is 1. The van der Waals surface area contributed by atoms with Crippen molar-refractivity contribution >= 4 is 46.6 Å². The number of amides is 2. The average molecular weight is 623 g/mol. The molecule has 12 heteroatoms. The molecule has 0 spiro atoms. The number of ether oxygens (including phenoxy) is 4. The Morgan fingerprint density at radius 1 is 0.977 bits per heavy atom. The largest absolute Gasteiger partial charge is 0.497 e. The van der Waals surface area contributed by atoms with Crippen LogP contribution in [-0.4, -0.2) is 55.5 Å². The molecule has 1 saturated heterocycles. The first-order valence-electron chi connectivity index (χ1n) is 14.2. The molecule has 1 N–H and O–H groups in total. The number of aromatic amines is 1. The Hall–Kier alpha value is -3.77. The van der Waals surface area contributed by atoms with Crippen molar-refractivity contribution in [2.45, 2.75) is 29.5 Å². The topological polar surface area (TPSA) is 124 Å². The number of thioether (sulfide) groups is 1. The quantitative estimate of drug-likeness (QED) is 0.292. The minimum atomic E-state index is -0.474. The molecule has 2 aliphatic heterocycles. The van der Waals surface area contributed by atoms with Crippen LogP contribution in [0.25, 0.3) is 0 Å². The summed E-state index contributed by atoms with van der Waals surface area (Å²) in [5.74, 6) is -0.176. The van der Waals surface area contributed by atoms with Gasteiger partial charge in [0, 0.05) is 16.0 Å². The van der Waals surface area contributed by atoms with Crippen molar-refractivity contribution in [1.29, 1.82) is 0 Å². The molecule has 2 bridgehead atoms. The van der Waals surface area contributed by atoms with Gasteiger partial charge >= 0.3 is 10.8 Å². The molecule has 7 rings (SSSR count). The first-order chi connectivity index (χ1) is 20.8. The Morgan fingerprint density at radius 3 is 2.42 bits per heavy atom. The normalized spacial score (nSPS) is 28.3. The Bertz CT molecular complexity index is 1670. The van der Waals surface area contributed by atoms with Gasteiger partial charge in [-0.1, -0.05) is 17.4 Å². The molecule has 7 atom stereocenters. The van der Waals surface area contributed by atoms with E-state index in [1.54, 1.807) is 56.1 Å². The number of nitrogens with one attached hydrogen (secondary N) is 1. The minimum absolute atomic E-state index is 0.0119. The van der Waals surface area contributed by atoms with Crippen molar-refractivity contribution in [2.24, 2.45) is 29.6 Å². The number of nitrogens with zero attached hydrogens (tertiary/aromatic N) is 1. The summed E-state index contributed by atoms with van der Waals surface area (Å²) in [5, 5.41) is 0.892. The number of aromatic nitrogens is 1. The third-order valence-corrected chi connectivity index (χ3v) is 11.8. The maximum Gasteiger partial charge on any atom is 0.344 e. The molecule has 2 aromatic carbocycles. The fourth-order valence-corrected chi connectivity index (χ4v) is 10.6. The Labute approximate surface area is 255 Å². The number of methoxy groups -OCH3 is 2. The number of rotatable bonds is 8. The van der Waals surface area contributed by atoms with E-state index in [4.69, 9.17) is 18.9 Å². The maximum absolute atomic E-state index is 14.0. The number of thiazole rings is 1. The summed E-state index contributed by atoms with van der Waals surface area (Å²) in [4.78, 5) is 57.5. The zero-order valence-electron chi connectivity index (χ0n) is 23.7. The third-order valence-electron chi connectivity index (χ3n) is 9.25. The lowest BCUT2D eigenvalue weighted by atomic mass is 9.68. The predicted molar refractivity (Wildman–Crippen MR) is 159 cm³/mol. The lowest BCUT2D eigenvalue weighted by molar-refractivity contribution is -0.145. The third kappa shape index (κ3) is 4.36. The summed E-state index contributed by atoms with van der Waals surface area (Å²) < 4.78 is 21.6. The molecule has 0 radical (unpaired) electrons. The van der Waals surface area contributed by atoms with Crippen molar-refractivity contribution < 1.29 is 33.3 Å². The molecule has 2 amide bonds. The predicted octanol–water partition coefficient (Wildman–Crippen LogP) is 4.07. The number of H-pyrrole nitrogens is 1. The standard InChI is InChI=1S/C31H30N2O8S2/c1-4-40-21(34)13-41-19-10-5-14(11-20(19)39-3)22-23-17-12-18(26(23)42-28-27(22)43-31(37)32-28)25-24(17)29(35)33(30(25)36)15-6-8-16(38-2)9-7-15/h5-11,17-18,22-26H,4,12-13H2,1-3H3,(H,32,37)/t17-,18-,22-,23?,24?,25?,26?/m1/s1. The molecule has 4 aliphatic rings. The molecule has 2 aliphatic carbocycles. The highest BCUT2D eigenvalue weighted by Crippen LogP contribution is 2.68. The fourth-order valence-electron chi connectivity index (χ4n) is 7.71. The van der Waals surface area contributed by atoms with Crippen LogP contribution in [0.2, 0.25) is 0 Å². The fraction of sp³-hybridized carbons (Fsp3) is 0.419. The van der Waals surface area contributed by atoms with Gasteiger partial charge in [0.2, 0.25) is 11.8 Å². The van der Waals surface area contributed by atoms with Crippen molar-refractivity contribution in [3.05, 3.63) is 62.6 Å². The van der Waals surface area contributed by atoms with Gasteiger partial charge in [0.15, 0.2) is 18.1 Å². The van der Waals surface area contributed by atoms with Crippen molar-refractivity contribution in [3.8, 4) is 17.2 Å². The van der Waals surface area contributed by atoms with E-state index in [-0.39, 0.29) is 64.7 Å². The van der Waals surface area contributed by atoms with Gasteiger partial charge in [-0.25, -0.2) is 4.79 Å². The first kappa shape index (κ1) is 28.0. The molecular weight excluding hydrogens is 592 g/mol. The van der Waals surface area contributed by atoms with Gasteiger partial charge in [0.05, 0.1) is 43.4 Å². The zero-order chi connectivity index (χ0) is 30.0. The molecule has 43 heavy (non-hydrogen) atoms. The number of anilines is 1. The van der Waals surface area contributed by atoms with E-state index < -0.39 is 11.9 Å². The highest BCUT2D eigenvalue weighted by molar-refractivity contribution is 8.00. The second-order valence-electron chi connectivity index (χ2n) is 11.2. The van der Waals surface area contributed by atoms with Crippen molar-refractivity contribution in [2.75, 3.05) is 32.3 Å². The molecule has 4 unspecified atom stereocenters. The Balaban J connectivity index is 1.24. The minimum Gasteiger partial charge on any atom is -0.497 e. The average Bonchev–Trinajstić information content (AvgIpc) is 3.75. The van der Waals surface area contributed by atoms with Crippen LogP contribution in [0.5, 0.6) is 17.2 Å². The van der Waals surface area contributed by atoms with Crippen LogP contribution in [0.15, 0.2) is 52.3 Å². The lowest BCUT2D eigenvalue weighted by Crippen LogP contribution is -2.42. The summed E-state index contributed by atoms with van der Waals surface area (Å²) in [6.45, 7) is 1.75. The Kier molecular flexibility index (Phi) is 7.00. The molecule has 3 heterocycles. The van der Waals surface area contributed by atoms with E-state index in [0.29, 0.717) is 22.9 Å². The summed E-state index contributed by atoms with van der Waals surface area (Å²) in [7, 11) is 3.11. The number of hydrogen-bond donors (Lipinski definition) is 1. The van der Waals surface area contributed by atoms with Crippen LogP contribution >= 0.6 is 23.1 Å². The van der Waals surface area contributed by atoms with Crippen LogP contribution in [0.1, 0.15) is 29.7 Å². The van der Waals surface area contributed by atoms with E-state index in [2.05, 4.69) is 4.98 Å². The van der Waals surface area contributed by atoms with Crippen LogP contribution in [0.3, 0.4) is 0 Å². The Morgan fingerprint density at radius 2 is 1.72 bits per heavy atom. The van der Waals surface area contributed by atoms with Crippen molar-refractivity contribution in [3.63, 3.8) is 0 Å². The van der Waals surface area contributed by atoms with E-state index in [9.17, 15) is 19.2 Å². The van der Waals surface area contributed by atoms with Gasteiger partial charge in [-0.3, -0.25) is 19.3 Å². The zero-order valence-corrected chi connectivity index (χ0v) is 25.4. The molecule has 1 aromatic heterocycles. The summed E-state index contributed by atoms with van der Waals surface area (Å²) in [5.41, 5.74) is 1.49. The first-order valence-corrected chi connectivity index (χ1v) is 15.9. The van der Waals surface area contributed by atoms with Crippen LogP contribution < -0.4 is 24.0 Å². The highest BCUT2D eigenvalue weighted by Gasteiger charge is 2.69. The molecule has 3 fully saturated rings. The van der Waals surface area contributed by atoms with Crippen LogP contribution in [0, 0.1) is 29.6 Å². The molecular formula is C31H30N2O8S2. The lowest BCUT2D eigenvalue weighted by Gasteiger charge is -2.43. The van der Waals surface area contributed by atoms with E-state index in [1.807, 2.05) is 12.1 Å². The maximum atomic E-state index is 14.0. The van der Waals surface area contributed by atoms with Gasteiger partial charge in [0.1, 0.15) is 5.75 Å². The second-order valence-corrected chi connectivity index (χ2v) is 13.4. The smallest absolute Gasteiger partial charge is 0.344 e. The van der Waals surface area contributed by atoms with Gasteiger partial charge in [-0.15, -0.1) is 11.8 Å². The monoisotopic (exact) mass is 622 g/mol. The SMILES string of the molecule is CCOC(=O)COc1ccc([C@H]2c3sc(=O)[nH]c3SC3C2[C@H]2C[C@@H]3C3C(=O)N(c4ccc(OC)cc4)C(=O)C32)cc1OC. The van der Waals surface area contributed by atoms with Crippen LogP contribution in [-0.2, 0) is 19.1 Å². The van der Waals surface area contributed by atoms with Gasteiger partial charge < -0.3 is 23.9 Å². The summed E-state index contributed by atoms with van der Waals surface area (Å²) in [6, 6.07) is 12.6. The van der Waals surface area contributed by atoms with E-state index >= 15 is 0 Å². The number of hydrogen-bond acceptors (Lipinski definition) is 10. The van der Waals surface area contributed by atoms with Crippen molar-refractivity contribution in [1.82, 2.24) is 4.98 Å². The van der Waals surface area contributed by atoms with E-state index in [0.717, 1.165) is 21.9 Å². The number of imide groups is 1. The molecule has 2 saturated carbocycles. The molecule has 3 aromatic rings. The van der Waals surface area contributed by atoms with Gasteiger partial charge in [-0.2, -0.15) is 0 Å². The number of carbonyl (C=O) groups is 3. The number of fused-ring (bicyclic) bond motifs is 9. The van der Waals surface area contributed by atoms with Gasteiger partial charge in [0.25, 0.3) is 0 Å². The highest BCUT2D eigenvalue weighted by atomic mass is 32.2.